The normalized spacial score (nSPS) is 12.4. The molecule has 2 N–H and O–H groups in total. The molecule has 0 aliphatic heterocycles. The number of nitrogens with one attached hydrogen (secondary N) is 2. The van der Waals surface area contributed by atoms with Gasteiger partial charge in [0.2, 0.25) is 0 Å². The summed E-state index contributed by atoms with van der Waals surface area (Å²) in [6, 6.07) is 8.66. The summed E-state index contributed by atoms with van der Waals surface area (Å²) in [5.74, 6) is 0.923. The molecule has 0 bridgehead atoms. The van der Waals surface area contributed by atoms with E-state index in [0.29, 0.717) is 6.04 Å². The van der Waals surface area contributed by atoms with Crippen molar-refractivity contribution >= 4 is 0 Å². The van der Waals surface area contributed by atoms with E-state index in [0.717, 1.165) is 18.7 Å². The molecule has 0 aromatic heterocycles. The van der Waals surface area contributed by atoms with Gasteiger partial charge in [0.15, 0.2) is 0 Å². The standard InChI is InChI=1S/C13H22N2O/c1-14-9-5-8-13(15-2)11-6-4-7-12(10-11)16-3/h4,6-7,10,13-15H,5,8-9H2,1-3H3. The third-order valence-electron chi connectivity index (χ3n) is 2.76. The lowest BCUT2D eigenvalue weighted by Crippen LogP contribution is -2.18. The Labute approximate surface area is 98.2 Å². The van der Waals surface area contributed by atoms with Gasteiger partial charge in [-0.25, -0.2) is 0 Å². The van der Waals surface area contributed by atoms with Crippen LogP contribution in [0.1, 0.15) is 24.4 Å². The summed E-state index contributed by atoms with van der Waals surface area (Å²) >= 11 is 0. The average molecular weight is 222 g/mol. The first-order valence-electron chi connectivity index (χ1n) is 5.77. The molecule has 0 aliphatic carbocycles. The molecule has 0 saturated heterocycles. The van der Waals surface area contributed by atoms with Crippen molar-refractivity contribution in [1.82, 2.24) is 10.6 Å². The molecular weight excluding hydrogens is 200 g/mol. The summed E-state index contributed by atoms with van der Waals surface area (Å²) in [6.45, 7) is 1.06. The second-order valence-electron chi connectivity index (χ2n) is 3.86. The molecule has 0 spiro atoms. The summed E-state index contributed by atoms with van der Waals surface area (Å²) in [5.41, 5.74) is 1.29. The molecule has 1 aromatic carbocycles. The number of benzene rings is 1. The van der Waals surface area contributed by atoms with E-state index in [4.69, 9.17) is 4.74 Å². The fraction of sp³-hybridized carbons (Fsp3) is 0.538. The van der Waals surface area contributed by atoms with Gasteiger partial charge in [-0.3, -0.25) is 0 Å². The van der Waals surface area contributed by atoms with Crippen LogP contribution < -0.4 is 15.4 Å². The van der Waals surface area contributed by atoms with Crippen molar-refractivity contribution < 1.29 is 4.74 Å². The first-order chi connectivity index (χ1) is 7.81. The van der Waals surface area contributed by atoms with Gasteiger partial charge >= 0.3 is 0 Å². The Bertz CT molecular complexity index is 302. The zero-order chi connectivity index (χ0) is 11.8. The summed E-state index contributed by atoms with van der Waals surface area (Å²) in [4.78, 5) is 0. The van der Waals surface area contributed by atoms with E-state index in [-0.39, 0.29) is 0 Å². The van der Waals surface area contributed by atoms with Crippen LogP contribution in [0, 0.1) is 0 Å². The number of hydrogen-bond donors (Lipinski definition) is 2. The molecule has 3 heteroatoms. The minimum atomic E-state index is 0.406. The van der Waals surface area contributed by atoms with Crippen LogP contribution in [0.5, 0.6) is 5.75 Å². The van der Waals surface area contributed by atoms with E-state index in [1.165, 1.54) is 12.0 Å². The quantitative estimate of drug-likeness (QED) is 0.692. The summed E-state index contributed by atoms with van der Waals surface area (Å²) in [7, 11) is 5.69. The molecule has 0 radical (unpaired) electrons. The van der Waals surface area contributed by atoms with Crippen LogP contribution in [0.4, 0.5) is 0 Å². The fourth-order valence-corrected chi connectivity index (χ4v) is 1.82. The van der Waals surface area contributed by atoms with Gasteiger partial charge in [-0.15, -0.1) is 0 Å². The van der Waals surface area contributed by atoms with Crippen molar-refractivity contribution in [2.45, 2.75) is 18.9 Å². The van der Waals surface area contributed by atoms with Gasteiger partial charge in [-0.2, -0.15) is 0 Å². The van der Waals surface area contributed by atoms with Crippen LogP contribution in [0.2, 0.25) is 0 Å². The van der Waals surface area contributed by atoms with E-state index >= 15 is 0 Å². The van der Waals surface area contributed by atoms with Gasteiger partial charge in [0.25, 0.3) is 0 Å². The maximum atomic E-state index is 5.24. The second-order valence-corrected chi connectivity index (χ2v) is 3.86. The molecule has 1 rings (SSSR count). The van der Waals surface area contributed by atoms with Crippen molar-refractivity contribution in [2.24, 2.45) is 0 Å². The lowest BCUT2D eigenvalue weighted by Gasteiger charge is -2.17. The highest BCUT2D eigenvalue weighted by atomic mass is 16.5. The van der Waals surface area contributed by atoms with Crippen molar-refractivity contribution in [2.75, 3.05) is 27.7 Å². The SMILES string of the molecule is CNCCCC(NC)c1cccc(OC)c1. The maximum Gasteiger partial charge on any atom is 0.119 e. The third-order valence-corrected chi connectivity index (χ3v) is 2.76. The molecule has 0 amide bonds. The van der Waals surface area contributed by atoms with Crippen LogP contribution in [-0.2, 0) is 0 Å². The van der Waals surface area contributed by atoms with Gasteiger partial charge < -0.3 is 15.4 Å². The molecule has 1 aromatic rings. The Hall–Kier alpha value is -1.06. The highest BCUT2D eigenvalue weighted by Gasteiger charge is 2.08. The van der Waals surface area contributed by atoms with Crippen LogP contribution >= 0.6 is 0 Å². The van der Waals surface area contributed by atoms with Crippen LogP contribution in [-0.4, -0.2) is 27.7 Å². The van der Waals surface area contributed by atoms with E-state index in [1.54, 1.807) is 7.11 Å². The van der Waals surface area contributed by atoms with Crippen molar-refractivity contribution in [1.29, 1.82) is 0 Å². The first-order valence-corrected chi connectivity index (χ1v) is 5.77. The van der Waals surface area contributed by atoms with Crippen molar-refractivity contribution in [3.05, 3.63) is 29.8 Å². The number of hydrogen-bond acceptors (Lipinski definition) is 3. The largest absolute Gasteiger partial charge is 0.497 e. The average Bonchev–Trinajstić information content (AvgIpc) is 2.35. The summed E-state index contributed by atoms with van der Waals surface area (Å²) < 4.78 is 5.24. The Morgan fingerprint density at radius 3 is 2.75 bits per heavy atom. The fourth-order valence-electron chi connectivity index (χ4n) is 1.82. The second kappa shape index (κ2) is 7.25. The minimum absolute atomic E-state index is 0.406. The molecule has 0 saturated carbocycles. The van der Waals surface area contributed by atoms with Gasteiger partial charge in [0.1, 0.15) is 5.75 Å². The highest BCUT2D eigenvalue weighted by Crippen LogP contribution is 2.22. The molecule has 0 aliphatic rings. The molecule has 90 valence electrons. The first kappa shape index (κ1) is 13.0. The molecule has 3 nitrogen and oxygen atoms in total. The summed E-state index contributed by atoms with van der Waals surface area (Å²) in [5, 5.41) is 6.51. The molecule has 0 fully saturated rings. The number of methoxy groups -OCH3 is 1. The van der Waals surface area contributed by atoms with E-state index in [2.05, 4.69) is 22.8 Å². The van der Waals surface area contributed by atoms with E-state index in [1.807, 2.05) is 26.2 Å². The molecule has 0 heterocycles. The molecule has 1 unspecified atom stereocenters. The van der Waals surface area contributed by atoms with Crippen LogP contribution in [0.15, 0.2) is 24.3 Å². The van der Waals surface area contributed by atoms with Crippen LogP contribution in [0.3, 0.4) is 0 Å². The van der Waals surface area contributed by atoms with Crippen LogP contribution in [0.25, 0.3) is 0 Å². The van der Waals surface area contributed by atoms with E-state index < -0.39 is 0 Å². The van der Waals surface area contributed by atoms with Crippen molar-refractivity contribution in [3.63, 3.8) is 0 Å². The van der Waals surface area contributed by atoms with E-state index in [9.17, 15) is 0 Å². The molecule has 1 atom stereocenters. The van der Waals surface area contributed by atoms with Gasteiger partial charge in [-0.1, -0.05) is 12.1 Å². The molecule has 16 heavy (non-hydrogen) atoms. The Morgan fingerprint density at radius 2 is 2.12 bits per heavy atom. The van der Waals surface area contributed by atoms with Gasteiger partial charge in [-0.05, 0) is 51.2 Å². The number of ether oxygens (including phenoxy) is 1. The minimum Gasteiger partial charge on any atom is -0.497 e. The predicted octanol–water partition coefficient (Wildman–Crippen LogP) is 1.96. The predicted molar refractivity (Wildman–Crippen MR) is 68.0 cm³/mol. The zero-order valence-electron chi connectivity index (χ0n) is 10.4. The Balaban J connectivity index is 2.62. The third kappa shape index (κ3) is 3.83. The zero-order valence-corrected chi connectivity index (χ0v) is 10.4. The lowest BCUT2D eigenvalue weighted by atomic mass is 10.0. The van der Waals surface area contributed by atoms with Gasteiger partial charge in [0.05, 0.1) is 7.11 Å². The van der Waals surface area contributed by atoms with Crippen molar-refractivity contribution in [3.8, 4) is 5.75 Å². The Morgan fingerprint density at radius 1 is 1.31 bits per heavy atom. The molecular formula is C13H22N2O. The highest BCUT2D eigenvalue weighted by molar-refractivity contribution is 5.30. The summed E-state index contributed by atoms with van der Waals surface area (Å²) in [6.07, 6.45) is 2.30. The maximum absolute atomic E-state index is 5.24. The smallest absolute Gasteiger partial charge is 0.119 e. The van der Waals surface area contributed by atoms with Gasteiger partial charge in [0, 0.05) is 6.04 Å². The Kier molecular flexibility index (Phi) is 5.90. The number of rotatable bonds is 7. The monoisotopic (exact) mass is 222 g/mol. The lowest BCUT2D eigenvalue weighted by molar-refractivity contribution is 0.412. The topological polar surface area (TPSA) is 33.3 Å².